The number of rotatable bonds is 8. The van der Waals surface area contributed by atoms with Crippen LogP contribution < -0.4 is 14.8 Å². The van der Waals surface area contributed by atoms with E-state index in [0.717, 1.165) is 31.2 Å². The van der Waals surface area contributed by atoms with Crippen molar-refractivity contribution in [3.63, 3.8) is 0 Å². The summed E-state index contributed by atoms with van der Waals surface area (Å²) in [5.74, 6) is 0.0834. The van der Waals surface area contributed by atoms with E-state index in [1.54, 1.807) is 18.2 Å². The van der Waals surface area contributed by atoms with Crippen LogP contribution in [0.3, 0.4) is 0 Å². The van der Waals surface area contributed by atoms with Gasteiger partial charge in [0.1, 0.15) is 5.75 Å². The van der Waals surface area contributed by atoms with Gasteiger partial charge in [-0.15, -0.1) is 0 Å². The first-order valence-electron chi connectivity index (χ1n) is 9.29. The lowest BCUT2D eigenvalue weighted by Gasteiger charge is -2.13. The Bertz CT molecular complexity index is 959. The van der Waals surface area contributed by atoms with Gasteiger partial charge in [-0.05, 0) is 54.8 Å². The van der Waals surface area contributed by atoms with Crippen LogP contribution in [0, 0.1) is 0 Å². The van der Waals surface area contributed by atoms with Gasteiger partial charge in [0, 0.05) is 22.6 Å². The topological polar surface area (TPSA) is 84.5 Å². The molecule has 0 aliphatic heterocycles. The Labute approximate surface area is 180 Å². The number of hydrogen-bond acceptors (Lipinski definition) is 4. The molecule has 0 atom stereocenters. The van der Waals surface area contributed by atoms with Crippen molar-refractivity contribution in [2.24, 2.45) is 0 Å². The molecule has 1 aliphatic rings. The van der Waals surface area contributed by atoms with Crippen molar-refractivity contribution in [1.29, 1.82) is 0 Å². The Morgan fingerprint density at radius 2 is 1.76 bits per heavy atom. The summed E-state index contributed by atoms with van der Waals surface area (Å²) in [5.41, 5.74) is 0.744. The van der Waals surface area contributed by atoms with Crippen LogP contribution in [0.25, 0.3) is 0 Å². The van der Waals surface area contributed by atoms with Crippen LogP contribution >= 0.6 is 23.2 Å². The third kappa shape index (κ3) is 6.34. The molecule has 29 heavy (non-hydrogen) atoms. The lowest BCUT2D eigenvalue weighted by atomic mass is 10.2. The van der Waals surface area contributed by atoms with E-state index in [1.807, 2.05) is 0 Å². The van der Waals surface area contributed by atoms with Gasteiger partial charge in [-0.1, -0.05) is 42.1 Å². The first kappa shape index (κ1) is 21.9. The zero-order chi connectivity index (χ0) is 20.9. The molecule has 0 saturated heterocycles. The zero-order valence-electron chi connectivity index (χ0n) is 15.7. The predicted molar refractivity (Wildman–Crippen MR) is 113 cm³/mol. The summed E-state index contributed by atoms with van der Waals surface area (Å²) in [5, 5.41) is 3.71. The Hall–Kier alpha value is -1.80. The van der Waals surface area contributed by atoms with Crippen molar-refractivity contribution in [3.8, 4) is 5.75 Å². The van der Waals surface area contributed by atoms with E-state index in [2.05, 4.69) is 10.0 Å². The molecular weight excluding hydrogens is 435 g/mol. The summed E-state index contributed by atoms with van der Waals surface area (Å²) in [4.78, 5) is 12.2. The number of sulfonamides is 1. The van der Waals surface area contributed by atoms with Crippen molar-refractivity contribution >= 4 is 39.1 Å². The summed E-state index contributed by atoms with van der Waals surface area (Å²) in [6.07, 6.45) is 3.84. The molecule has 2 N–H and O–H groups in total. The highest BCUT2D eigenvalue weighted by molar-refractivity contribution is 7.89. The summed E-state index contributed by atoms with van der Waals surface area (Å²) >= 11 is 11.9. The zero-order valence-corrected chi connectivity index (χ0v) is 18.0. The quantitative estimate of drug-likeness (QED) is 0.630. The molecule has 0 heterocycles. The largest absolute Gasteiger partial charge is 0.484 e. The van der Waals surface area contributed by atoms with Gasteiger partial charge in [-0.25, -0.2) is 13.1 Å². The molecule has 1 amide bonds. The van der Waals surface area contributed by atoms with Gasteiger partial charge in [-0.3, -0.25) is 4.79 Å². The second kappa shape index (κ2) is 9.80. The number of nitrogens with one attached hydrogen (secondary N) is 2. The molecule has 1 saturated carbocycles. The molecule has 1 fully saturated rings. The minimum atomic E-state index is -3.54. The fourth-order valence-corrected chi connectivity index (χ4v) is 4.89. The predicted octanol–water partition coefficient (Wildman–Crippen LogP) is 3.91. The Morgan fingerprint density at radius 3 is 2.41 bits per heavy atom. The van der Waals surface area contributed by atoms with Gasteiger partial charge >= 0.3 is 0 Å². The van der Waals surface area contributed by atoms with Gasteiger partial charge < -0.3 is 10.1 Å². The SMILES string of the molecule is O=C(COc1ccc(S(=O)(=O)NC2CCCC2)cc1)NCc1ccc(Cl)cc1Cl. The summed E-state index contributed by atoms with van der Waals surface area (Å²) in [6.45, 7) is 0.0554. The molecule has 0 spiro atoms. The van der Waals surface area contributed by atoms with E-state index in [0.29, 0.717) is 15.8 Å². The highest BCUT2D eigenvalue weighted by Gasteiger charge is 2.22. The number of ether oxygens (including phenoxy) is 1. The Balaban J connectivity index is 1.48. The average Bonchev–Trinajstić information content (AvgIpc) is 3.18. The normalized spacial score (nSPS) is 14.7. The lowest BCUT2D eigenvalue weighted by Crippen LogP contribution is -2.32. The van der Waals surface area contributed by atoms with E-state index in [9.17, 15) is 13.2 Å². The van der Waals surface area contributed by atoms with Crippen LogP contribution in [0.5, 0.6) is 5.75 Å². The molecule has 9 heteroatoms. The highest BCUT2D eigenvalue weighted by atomic mass is 35.5. The van der Waals surface area contributed by atoms with Crippen LogP contribution in [0.1, 0.15) is 31.2 Å². The smallest absolute Gasteiger partial charge is 0.258 e. The molecule has 0 unspecified atom stereocenters. The van der Waals surface area contributed by atoms with E-state index < -0.39 is 10.0 Å². The van der Waals surface area contributed by atoms with Crippen molar-refractivity contribution < 1.29 is 17.9 Å². The minimum Gasteiger partial charge on any atom is -0.484 e. The molecule has 3 rings (SSSR count). The van der Waals surface area contributed by atoms with Crippen molar-refractivity contribution in [2.45, 2.75) is 43.2 Å². The minimum absolute atomic E-state index is 0.00812. The van der Waals surface area contributed by atoms with Crippen LogP contribution in [0.2, 0.25) is 10.0 Å². The summed E-state index contributed by atoms with van der Waals surface area (Å²) in [6, 6.07) is 11.1. The number of hydrogen-bond donors (Lipinski definition) is 2. The molecule has 2 aromatic rings. The maximum Gasteiger partial charge on any atom is 0.258 e. The monoisotopic (exact) mass is 456 g/mol. The third-order valence-electron chi connectivity index (χ3n) is 4.67. The van der Waals surface area contributed by atoms with E-state index in [-0.39, 0.29) is 30.0 Å². The maximum atomic E-state index is 12.4. The van der Waals surface area contributed by atoms with E-state index in [1.165, 1.54) is 24.3 Å². The molecule has 6 nitrogen and oxygen atoms in total. The van der Waals surface area contributed by atoms with Crippen LogP contribution in [0.15, 0.2) is 47.4 Å². The molecule has 156 valence electrons. The van der Waals surface area contributed by atoms with Crippen molar-refractivity contribution in [1.82, 2.24) is 10.0 Å². The molecule has 2 aromatic carbocycles. The van der Waals surface area contributed by atoms with Crippen LogP contribution in [-0.4, -0.2) is 27.0 Å². The fraction of sp³-hybridized carbons (Fsp3) is 0.350. The van der Waals surface area contributed by atoms with Crippen LogP contribution in [0.4, 0.5) is 0 Å². The van der Waals surface area contributed by atoms with Gasteiger partial charge in [-0.2, -0.15) is 0 Å². The highest BCUT2D eigenvalue weighted by Crippen LogP contribution is 2.22. The van der Waals surface area contributed by atoms with Gasteiger partial charge in [0.15, 0.2) is 6.61 Å². The van der Waals surface area contributed by atoms with Crippen molar-refractivity contribution in [2.75, 3.05) is 6.61 Å². The number of benzene rings is 2. The van der Waals surface area contributed by atoms with E-state index >= 15 is 0 Å². The molecule has 0 bridgehead atoms. The summed E-state index contributed by atoms with van der Waals surface area (Å²) in [7, 11) is -3.54. The second-order valence-corrected chi connectivity index (χ2v) is 9.43. The molecule has 0 aromatic heterocycles. The Morgan fingerprint density at radius 1 is 1.07 bits per heavy atom. The standard InChI is InChI=1S/C20H22Cl2N2O4S/c21-15-6-5-14(19(22)11-15)12-23-20(25)13-28-17-7-9-18(10-8-17)29(26,27)24-16-3-1-2-4-16/h5-11,16,24H,1-4,12-13H2,(H,23,25). The number of carbonyl (C=O) groups is 1. The summed E-state index contributed by atoms with van der Waals surface area (Å²) < 4.78 is 33.0. The second-order valence-electron chi connectivity index (χ2n) is 6.88. The number of halogens is 2. The third-order valence-corrected chi connectivity index (χ3v) is 6.80. The number of carbonyl (C=O) groups excluding carboxylic acids is 1. The van der Waals surface area contributed by atoms with Gasteiger partial charge in [0.05, 0.1) is 4.90 Å². The Kier molecular flexibility index (Phi) is 7.40. The maximum absolute atomic E-state index is 12.4. The first-order valence-corrected chi connectivity index (χ1v) is 11.5. The molecule has 1 aliphatic carbocycles. The fourth-order valence-electron chi connectivity index (χ4n) is 3.10. The van der Waals surface area contributed by atoms with E-state index in [4.69, 9.17) is 27.9 Å². The molecular formula is C20H22Cl2N2O4S. The first-order chi connectivity index (χ1) is 13.8. The lowest BCUT2D eigenvalue weighted by molar-refractivity contribution is -0.123. The average molecular weight is 457 g/mol. The van der Waals surface area contributed by atoms with Crippen LogP contribution in [-0.2, 0) is 21.4 Å². The number of amides is 1. The van der Waals surface area contributed by atoms with Crippen molar-refractivity contribution in [3.05, 3.63) is 58.1 Å². The molecule has 0 radical (unpaired) electrons. The van der Waals surface area contributed by atoms with Gasteiger partial charge in [0.25, 0.3) is 5.91 Å². The van der Waals surface area contributed by atoms with Gasteiger partial charge in [0.2, 0.25) is 10.0 Å².